The molecule has 1 unspecified atom stereocenters. The summed E-state index contributed by atoms with van der Waals surface area (Å²) in [5.74, 6) is 0. The number of hydrogen-bond donors (Lipinski definition) is 0. The van der Waals surface area contributed by atoms with Gasteiger partial charge in [-0.2, -0.15) is 0 Å². The first-order valence-electron chi connectivity index (χ1n) is 4.11. The SMILES string of the molecule is O=[N+]([O-])c1ccc2c(c1)CC([As])C2. The third-order valence-electron chi connectivity index (χ3n) is 2.31. The van der Waals surface area contributed by atoms with E-state index in [9.17, 15) is 10.1 Å². The van der Waals surface area contributed by atoms with E-state index in [2.05, 4.69) is 16.9 Å². The van der Waals surface area contributed by atoms with Gasteiger partial charge in [0.2, 0.25) is 0 Å². The summed E-state index contributed by atoms with van der Waals surface area (Å²) in [4.78, 5) is 10.1. The van der Waals surface area contributed by atoms with Crippen LogP contribution in [0.1, 0.15) is 11.1 Å². The molecule has 1 aromatic carbocycles. The molecule has 0 aromatic heterocycles. The van der Waals surface area contributed by atoms with E-state index in [1.54, 1.807) is 12.1 Å². The zero-order chi connectivity index (χ0) is 9.42. The van der Waals surface area contributed by atoms with E-state index in [1.807, 2.05) is 6.07 Å². The molecule has 0 saturated heterocycles. The molecule has 0 bridgehead atoms. The molecule has 0 N–H and O–H groups in total. The summed E-state index contributed by atoms with van der Waals surface area (Å²) in [5, 5.41) is 10.5. The van der Waals surface area contributed by atoms with Crippen LogP contribution < -0.4 is 0 Å². The quantitative estimate of drug-likeness (QED) is 0.423. The number of nitro benzene ring substituents is 1. The van der Waals surface area contributed by atoms with Crippen molar-refractivity contribution in [3.8, 4) is 0 Å². The van der Waals surface area contributed by atoms with Crippen LogP contribution in [0.15, 0.2) is 18.2 Å². The van der Waals surface area contributed by atoms with Crippen LogP contribution in [0.3, 0.4) is 0 Å². The van der Waals surface area contributed by atoms with Gasteiger partial charge in [-0.15, -0.1) is 0 Å². The fourth-order valence-electron chi connectivity index (χ4n) is 1.69. The molecule has 1 aliphatic rings. The molecule has 0 fully saturated rings. The molecular weight excluding hydrogens is 229 g/mol. The third-order valence-corrected chi connectivity index (χ3v) is 3.08. The molecule has 1 aliphatic carbocycles. The molecule has 13 heavy (non-hydrogen) atoms. The molecule has 2 radical (unpaired) electrons. The molecule has 3 nitrogen and oxygen atoms in total. The van der Waals surface area contributed by atoms with Crippen molar-refractivity contribution in [2.75, 3.05) is 0 Å². The van der Waals surface area contributed by atoms with E-state index in [4.69, 9.17) is 0 Å². The van der Waals surface area contributed by atoms with E-state index in [0.29, 0.717) is 4.71 Å². The van der Waals surface area contributed by atoms with Gasteiger partial charge in [0.05, 0.1) is 0 Å². The molecule has 1 aromatic rings. The van der Waals surface area contributed by atoms with Gasteiger partial charge in [0.1, 0.15) is 0 Å². The maximum atomic E-state index is 10.5. The van der Waals surface area contributed by atoms with Crippen LogP contribution in [-0.4, -0.2) is 21.8 Å². The molecule has 4 heteroatoms. The van der Waals surface area contributed by atoms with Gasteiger partial charge in [-0.05, 0) is 0 Å². The fourth-order valence-corrected chi connectivity index (χ4v) is 2.52. The molecule has 0 spiro atoms. The summed E-state index contributed by atoms with van der Waals surface area (Å²) in [5.41, 5.74) is 2.61. The molecule has 0 amide bonds. The zero-order valence-electron chi connectivity index (χ0n) is 6.93. The number of fused-ring (bicyclic) bond motifs is 1. The number of nitro groups is 1. The minimum absolute atomic E-state index is 0.209. The molecular formula is C9H8AsNO2. The van der Waals surface area contributed by atoms with Crippen LogP contribution in [0.2, 0.25) is 4.71 Å². The average Bonchev–Trinajstić information content (AvgIpc) is 2.42. The summed E-state index contributed by atoms with van der Waals surface area (Å²) in [7, 11) is 0. The normalized spacial score (nSPS) is 19.9. The number of hydrogen-bond acceptors (Lipinski definition) is 2. The van der Waals surface area contributed by atoms with Gasteiger partial charge in [0.15, 0.2) is 0 Å². The summed E-state index contributed by atoms with van der Waals surface area (Å²) in [6.45, 7) is 0. The van der Waals surface area contributed by atoms with Crippen molar-refractivity contribution in [2.45, 2.75) is 17.5 Å². The molecule has 66 valence electrons. The van der Waals surface area contributed by atoms with E-state index in [0.717, 1.165) is 18.4 Å². The van der Waals surface area contributed by atoms with Gasteiger partial charge in [-0.25, -0.2) is 0 Å². The molecule has 0 aliphatic heterocycles. The standard InChI is InChI=1S/C9H8AsNO2/c10-8-3-6-1-2-9(11(12)13)5-7(6)4-8/h1-2,5,8H,3-4H2. The van der Waals surface area contributed by atoms with Crippen molar-refractivity contribution in [3.05, 3.63) is 39.4 Å². The second kappa shape index (κ2) is 3.15. The Bertz CT molecular complexity index is 365. The number of nitrogens with zero attached hydrogens (tertiary/aromatic N) is 1. The second-order valence-electron chi connectivity index (χ2n) is 3.27. The summed E-state index contributed by atoms with van der Waals surface area (Å²) < 4.78 is 0.574. The Balaban J connectivity index is 2.40. The van der Waals surface area contributed by atoms with Crippen molar-refractivity contribution >= 4 is 22.5 Å². The second-order valence-corrected chi connectivity index (χ2v) is 4.80. The van der Waals surface area contributed by atoms with Gasteiger partial charge >= 0.3 is 84.5 Å². The summed E-state index contributed by atoms with van der Waals surface area (Å²) in [6, 6.07) is 5.16. The van der Waals surface area contributed by atoms with Crippen molar-refractivity contribution < 1.29 is 4.92 Å². The molecule has 2 rings (SSSR count). The van der Waals surface area contributed by atoms with Crippen molar-refractivity contribution in [3.63, 3.8) is 0 Å². The Morgan fingerprint density at radius 2 is 2.08 bits per heavy atom. The minimum atomic E-state index is -0.335. The molecule has 0 saturated carbocycles. The van der Waals surface area contributed by atoms with Crippen LogP contribution in [0.4, 0.5) is 5.69 Å². The third kappa shape index (κ3) is 1.61. The summed E-state index contributed by atoms with van der Waals surface area (Å²) >= 11 is 2.62. The van der Waals surface area contributed by atoms with Gasteiger partial charge in [0, 0.05) is 0 Å². The molecule has 1 atom stereocenters. The van der Waals surface area contributed by atoms with Crippen LogP contribution >= 0.6 is 0 Å². The predicted octanol–water partition coefficient (Wildman–Crippen LogP) is 1.65. The predicted molar refractivity (Wildman–Crippen MR) is 50.0 cm³/mol. The van der Waals surface area contributed by atoms with E-state index >= 15 is 0 Å². The van der Waals surface area contributed by atoms with Crippen molar-refractivity contribution in [1.29, 1.82) is 0 Å². The first-order chi connectivity index (χ1) is 6.16. The Morgan fingerprint density at radius 1 is 1.38 bits per heavy atom. The van der Waals surface area contributed by atoms with Gasteiger partial charge in [-0.1, -0.05) is 0 Å². The van der Waals surface area contributed by atoms with Gasteiger partial charge < -0.3 is 0 Å². The first-order valence-corrected chi connectivity index (χ1v) is 5.19. The van der Waals surface area contributed by atoms with E-state index in [1.165, 1.54) is 5.56 Å². The average molecular weight is 237 g/mol. The van der Waals surface area contributed by atoms with Gasteiger partial charge in [-0.3, -0.25) is 0 Å². The van der Waals surface area contributed by atoms with E-state index < -0.39 is 0 Å². The topological polar surface area (TPSA) is 43.1 Å². The van der Waals surface area contributed by atoms with E-state index in [-0.39, 0.29) is 10.6 Å². The van der Waals surface area contributed by atoms with Crippen LogP contribution in [0.25, 0.3) is 0 Å². The Kier molecular flexibility index (Phi) is 2.12. The zero-order valence-corrected chi connectivity index (χ0v) is 8.81. The number of rotatable bonds is 1. The maximum absolute atomic E-state index is 10.5. The fraction of sp³-hybridized carbons (Fsp3) is 0.333. The number of non-ortho nitro benzene ring substituents is 1. The van der Waals surface area contributed by atoms with Gasteiger partial charge in [0.25, 0.3) is 0 Å². The Hall–Kier alpha value is -0.822. The number of benzene rings is 1. The van der Waals surface area contributed by atoms with Crippen LogP contribution in [0, 0.1) is 10.1 Å². The van der Waals surface area contributed by atoms with Crippen molar-refractivity contribution in [2.24, 2.45) is 0 Å². The Morgan fingerprint density at radius 3 is 2.77 bits per heavy atom. The monoisotopic (exact) mass is 237 g/mol. The molecule has 0 heterocycles. The van der Waals surface area contributed by atoms with Crippen LogP contribution in [-0.2, 0) is 12.8 Å². The summed E-state index contributed by atoms with van der Waals surface area (Å²) in [6.07, 6.45) is 1.99. The van der Waals surface area contributed by atoms with Crippen molar-refractivity contribution in [1.82, 2.24) is 0 Å². The first kappa shape index (κ1) is 8.76. The Labute approximate surface area is 84.8 Å². The van der Waals surface area contributed by atoms with Crippen LogP contribution in [0.5, 0.6) is 0 Å².